The van der Waals surface area contributed by atoms with Crippen LogP contribution in [0.25, 0.3) is 77.2 Å². The molecule has 0 bridgehead atoms. The van der Waals surface area contributed by atoms with Gasteiger partial charge in [0.1, 0.15) is 0 Å². The van der Waals surface area contributed by atoms with Crippen LogP contribution in [0.5, 0.6) is 0 Å². The molecule has 0 saturated carbocycles. The van der Waals surface area contributed by atoms with Crippen molar-refractivity contribution in [1.82, 2.24) is 0 Å². The first-order valence-corrected chi connectivity index (χ1v) is 33.6. The summed E-state index contributed by atoms with van der Waals surface area (Å²) >= 11 is 0. The molecule has 0 atom stereocenters. The Morgan fingerprint density at radius 3 is 0.520 bits per heavy atom. The summed E-state index contributed by atoms with van der Waals surface area (Å²) < 4.78 is 0. The van der Waals surface area contributed by atoms with Crippen molar-refractivity contribution in [3.05, 3.63) is 399 Å². The third-order valence-electron chi connectivity index (χ3n) is 18.9. The van der Waals surface area contributed by atoms with Crippen LogP contribution in [0.15, 0.2) is 388 Å². The van der Waals surface area contributed by atoms with Crippen molar-refractivity contribution in [2.24, 2.45) is 0 Å². The highest BCUT2D eigenvalue weighted by molar-refractivity contribution is 6.14. The van der Waals surface area contributed by atoms with E-state index in [-0.39, 0.29) is 0 Å². The van der Waals surface area contributed by atoms with Crippen LogP contribution in [0.1, 0.15) is 11.1 Å². The Morgan fingerprint density at radius 1 is 0.153 bits per heavy atom. The Labute approximate surface area is 574 Å². The lowest BCUT2D eigenvalue weighted by atomic mass is 9.83. The second-order valence-corrected chi connectivity index (χ2v) is 25.0. The topological polar surface area (TPSA) is 13.0 Å². The minimum atomic E-state index is 1.08. The minimum absolute atomic E-state index is 1.08. The summed E-state index contributed by atoms with van der Waals surface area (Å²) in [5.74, 6) is 0. The van der Waals surface area contributed by atoms with E-state index in [0.717, 1.165) is 90.5 Å². The van der Waals surface area contributed by atoms with Crippen LogP contribution in [-0.2, 0) is 0 Å². The Morgan fingerprint density at radius 2 is 0.316 bits per heavy atom. The molecule has 0 spiro atoms. The zero-order valence-electron chi connectivity index (χ0n) is 54.7. The van der Waals surface area contributed by atoms with Gasteiger partial charge >= 0.3 is 0 Å². The highest BCUT2D eigenvalue weighted by Gasteiger charge is 2.22. The SMILES string of the molecule is Cc1cc(-c2ccc(N(c3ccccc3)c3ccc(-c4ccc(N(c5ccccc5)c5ccccc5)cc4)cc3)cc2)c2ccccc2c1-c1c(C)cc(-c2ccc(N(c3ccccc3)c3ccc(-c4ccc(N(c5ccccc5)c5ccccc5)cc4)cc3)cc2)c2ccccc12. The number of hydrogen-bond acceptors (Lipinski definition) is 4. The molecule has 0 aromatic heterocycles. The average Bonchev–Trinajstić information content (AvgIpc) is 0.736. The fourth-order valence-corrected chi connectivity index (χ4v) is 14.2. The quantitative estimate of drug-likeness (QED) is 0.0901. The molecule has 466 valence electrons. The van der Waals surface area contributed by atoms with Crippen LogP contribution in [0.3, 0.4) is 0 Å². The van der Waals surface area contributed by atoms with Crippen molar-refractivity contribution >= 4 is 89.8 Å². The summed E-state index contributed by atoms with van der Waals surface area (Å²) in [7, 11) is 0. The highest BCUT2D eigenvalue weighted by atomic mass is 15.2. The summed E-state index contributed by atoms with van der Waals surface area (Å²) in [6.07, 6.45) is 0. The van der Waals surface area contributed by atoms with E-state index >= 15 is 0 Å². The van der Waals surface area contributed by atoms with Gasteiger partial charge in [0.25, 0.3) is 0 Å². The summed E-state index contributed by atoms with van der Waals surface area (Å²) in [4.78, 5) is 9.29. The standard InChI is InChI=1S/C94H70N4/c1-67-65-91(73-49-61-85(62-50-73)97(79-33-17-7-18-34-79)83-57-45-71(46-58-83)69-41-53-81(54-42-69)95(75-25-9-3-10-26-75)76-27-11-4-12-28-76)87-37-21-23-39-89(87)93(67)94-68(2)66-92(88-38-22-24-40-90(88)94)74-51-63-86(64-52-74)98(80-35-19-8-20-36-80)84-59-47-72(48-60-84)70-43-55-82(56-44-70)96(77-29-13-5-14-30-77)78-31-15-6-16-32-78/h3-66H,1-2H3. The molecular formula is C94H70N4. The molecule has 0 heterocycles. The van der Waals surface area contributed by atoms with Gasteiger partial charge in [-0.1, -0.05) is 243 Å². The van der Waals surface area contributed by atoms with E-state index in [1.165, 1.54) is 66.1 Å². The fourth-order valence-electron chi connectivity index (χ4n) is 14.2. The molecule has 0 N–H and O–H groups in total. The number of benzene rings is 16. The van der Waals surface area contributed by atoms with Gasteiger partial charge in [0.2, 0.25) is 0 Å². The van der Waals surface area contributed by atoms with E-state index < -0.39 is 0 Å². The van der Waals surface area contributed by atoms with Gasteiger partial charge in [0.05, 0.1) is 0 Å². The van der Waals surface area contributed by atoms with Gasteiger partial charge in [0, 0.05) is 68.2 Å². The predicted octanol–water partition coefficient (Wildman–Crippen LogP) is 26.8. The van der Waals surface area contributed by atoms with Gasteiger partial charge in [-0.3, -0.25) is 0 Å². The smallest absolute Gasteiger partial charge is 0.0462 e. The van der Waals surface area contributed by atoms with Crippen LogP contribution >= 0.6 is 0 Å². The van der Waals surface area contributed by atoms with Gasteiger partial charge in [-0.05, 0) is 248 Å². The highest BCUT2D eigenvalue weighted by Crippen LogP contribution is 2.47. The Balaban J connectivity index is 0.673. The van der Waals surface area contributed by atoms with E-state index in [9.17, 15) is 0 Å². The number of hydrogen-bond donors (Lipinski definition) is 0. The van der Waals surface area contributed by atoms with E-state index in [0.29, 0.717) is 0 Å². The molecule has 0 radical (unpaired) electrons. The van der Waals surface area contributed by atoms with E-state index in [1.807, 2.05) is 0 Å². The summed E-state index contributed by atoms with van der Waals surface area (Å²) in [6.45, 7) is 4.57. The molecule has 16 rings (SSSR count). The third-order valence-corrected chi connectivity index (χ3v) is 18.9. The second-order valence-electron chi connectivity index (χ2n) is 25.0. The zero-order valence-corrected chi connectivity index (χ0v) is 54.7. The van der Waals surface area contributed by atoms with Crippen molar-refractivity contribution in [2.45, 2.75) is 13.8 Å². The molecule has 16 aromatic rings. The Kier molecular flexibility index (Phi) is 16.5. The van der Waals surface area contributed by atoms with Crippen LogP contribution in [0.4, 0.5) is 68.2 Å². The molecule has 4 nitrogen and oxygen atoms in total. The van der Waals surface area contributed by atoms with Crippen molar-refractivity contribution in [2.75, 3.05) is 19.6 Å². The van der Waals surface area contributed by atoms with Crippen LogP contribution < -0.4 is 19.6 Å². The molecule has 16 aromatic carbocycles. The zero-order chi connectivity index (χ0) is 65.7. The summed E-state index contributed by atoms with van der Waals surface area (Å²) in [5.41, 5.74) is 27.6. The minimum Gasteiger partial charge on any atom is -0.311 e. The molecule has 0 aliphatic heterocycles. The number of nitrogens with zero attached hydrogens (tertiary/aromatic N) is 4. The molecule has 0 saturated heterocycles. The Hall–Kier alpha value is -12.8. The molecule has 0 aliphatic carbocycles. The van der Waals surface area contributed by atoms with E-state index in [1.54, 1.807) is 0 Å². The largest absolute Gasteiger partial charge is 0.311 e. The second kappa shape index (κ2) is 26.9. The fraction of sp³-hybridized carbons (Fsp3) is 0.0213. The lowest BCUT2D eigenvalue weighted by molar-refractivity contribution is 1.28. The number of aryl methyl sites for hydroxylation is 2. The van der Waals surface area contributed by atoms with Crippen LogP contribution in [-0.4, -0.2) is 0 Å². The lowest BCUT2D eigenvalue weighted by Crippen LogP contribution is -2.10. The summed E-state index contributed by atoms with van der Waals surface area (Å²) in [5, 5.41) is 4.93. The number of anilines is 12. The van der Waals surface area contributed by atoms with Gasteiger partial charge in [-0.25, -0.2) is 0 Å². The van der Waals surface area contributed by atoms with Gasteiger partial charge in [0.15, 0.2) is 0 Å². The predicted molar refractivity (Wildman–Crippen MR) is 417 cm³/mol. The first-order chi connectivity index (χ1) is 48.5. The molecule has 0 amide bonds. The first kappa shape index (κ1) is 60.2. The molecule has 98 heavy (non-hydrogen) atoms. The van der Waals surface area contributed by atoms with E-state index in [2.05, 4.69) is 422 Å². The molecular weight excluding hydrogens is 1190 g/mol. The molecule has 0 fully saturated rings. The average molecular weight is 1260 g/mol. The molecule has 0 aliphatic rings. The number of para-hydroxylation sites is 6. The maximum Gasteiger partial charge on any atom is 0.0462 e. The number of fused-ring (bicyclic) bond motifs is 2. The van der Waals surface area contributed by atoms with Crippen molar-refractivity contribution in [3.8, 4) is 55.6 Å². The maximum atomic E-state index is 2.41. The Bertz CT molecular complexity index is 4960. The van der Waals surface area contributed by atoms with Gasteiger partial charge < -0.3 is 19.6 Å². The molecule has 4 heteroatoms. The van der Waals surface area contributed by atoms with Gasteiger partial charge in [-0.15, -0.1) is 0 Å². The van der Waals surface area contributed by atoms with Crippen molar-refractivity contribution < 1.29 is 0 Å². The monoisotopic (exact) mass is 1250 g/mol. The van der Waals surface area contributed by atoms with E-state index in [4.69, 9.17) is 0 Å². The van der Waals surface area contributed by atoms with Crippen molar-refractivity contribution in [1.29, 1.82) is 0 Å². The maximum absolute atomic E-state index is 2.41. The van der Waals surface area contributed by atoms with Gasteiger partial charge in [-0.2, -0.15) is 0 Å². The number of rotatable bonds is 17. The normalized spacial score (nSPS) is 11.2. The first-order valence-electron chi connectivity index (χ1n) is 33.6. The van der Waals surface area contributed by atoms with Crippen molar-refractivity contribution in [3.63, 3.8) is 0 Å². The van der Waals surface area contributed by atoms with Crippen LogP contribution in [0.2, 0.25) is 0 Å². The third kappa shape index (κ3) is 11.9. The lowest BCUT2D eigenvalue weighted by Gasteiger charge is -2.26. The van der Waals surface area contributed by atoms with Crippen LogP contribution in [0, 0.1) is 13.8 Å². The summed E-state index contributed by atoms with van der Waals surface area (Å²) in [6, 6.07) is 140. The molecule has 0 unspecified atom stereocenters.